The molecule has 0 amide bonds. The molecule has 0 aliphatic rings. The van der Waals surface area contributed by atoms with Crippen LogP contribution >= 0.6 is 0 Å². The van der Waals surface area contributed by atoms with Crippen LogP contribution in [0.15, 0.2) is 30.3 Å². The Hall–Kier alpha value is -1.56. The van der Waals surface area contributed by atoms with Gasteiger partial charge in [-0.2, -0.15) is 13.2 Å². The quantitative estimate of drug-likeness (QED) is 0.841. The molecule has 0 aliphatic carbocycles. The molecule has 106 valence electrons. The van der Waals surface area contributed by atoms with Crippen molar-refractivity contribution in [2.24, 2.45) is 5.92 Å². The SMILES string of the molecule is CCC(C(=O)OCc1ccccc1)[C@@H](O)C(F)(F)F. The van der Waals surface area contributed by atoms with Crippen LogP contribution in [0.4, 0.5) is 13.2 Å². The summed E-state index contributed by atoms with van der Waals surface area (Å²) in [6.45, 7) is 1.28. The third-order valence-electron chi connectivity index (χ3n) is 2.68. The van der Waals surface area contributed by atoms with E-state index in [1.165, 1.54) is 6.92 Å². The predicted molar refractivity (Wildman–Crippen MR) is 62.1 cm³/mol. The first kappa shape index (κ1) is 15.5. The Labute approximate surface area is 109 Å². The van der Waals surface area contributed by atoms with E-state index in [2.05, 4.69) is 0 Å². The Morgan fingerprint density at radius 2 is 1.89 bits per heavy atom. The fraction of sp³-hybridized carbons (Fsp3) is 0.462. The lowest BCUT2D eigenvalue weighted by Crippen LogP contribution is -2.40. The van der Waals surface area contributed by atoms with Gasteiger partial charge in [0, 0.05) is 0 Å². The van der Waals surface area contributed by atoms with Gasteiger partial charge in [0.1, 0.15) is 6.61 Å². The van der Waals surface area contributed by atoms with E-state index in [9.17, 15) is 18.0 Å². The maximum Gasteiger partial charge on any atom is 0.415 e. The molecule has 6 heteroatoms. The van der Waals surface area contributed by atoms with Gasteiger partial charge in [-0.3, -0.25) is 4.79 Å². The van der Waals surface area contributed by atoms with Crippen LogP contribution in [0.2, 0.25) is 0 Å². The number of carbonyl (C=O) groups is 1. The van der Waals surface area contributed by atoms with Crippen molar-refractivity contribution in [1.82, 2.24) is 0 Å². The maximum atomic E-state index is 12.4. The second-order valence-corrected chi connectivity index (χ2v) is 4.09. The van der Waals surface area contributed by atoms with E-state index in [4.69, 9.17) is 9.84 Å². The van der Waals surface area contributed by atoms with Gasteiger partial charge in [0.15, 0.2) is 6.10 Å². The van der Waals surface area contributed by atoms with Crippen LogP contribution in [0.25, 0.3) is 0 Å². The van der Waals surface area contributed by atoms with E-state index < -0.39 is 24.2 Å². The van der Waals surface area contributed by atoms with Gasteiger partial charge in [-0.15, -0.1) is 0 Å². The average molecular weight is 276 g/mol. The van der Waals surface area contributed by atoms with E-state index in [-0.39, 0.29) is 13.0 Å². The van der Waals surface area contributed by atoms with Crippen LogP contribution in [0.3, 0.4) is 0 Å². The van der Waals surface area contributed by atoms with Gasteiger partial charge in [-0.05, 0) is 12.0 Å². The Morgan fingerprint density at radius 1 is 1.32 bits per heavy atom. The summed E-state index contributed by atoms with van der Waals surface area (Å²) in [7, 11) is 0. The molecular formula is C13H15F3O3. The highest BCUT2D eigenvalue weighted by Gasteiger charge is 2.46. The lowest BCUT2D eigenvalue weighted by atomic mass is 9.99. The number of aliphatic hydroxyl groups excluding tert-OH is 1. The van der Waals surface area contributed by atoms with Crippen molar-refractivity contribution in [3.8, 4) is 0 Å². The zero-order chi connectivity index (χ0) is 14.5. The van der Waals surface area contributed by atoms with Crippen molar-refractivity contribution < 1.29 is 27.8 Å². The fourth-order valence-corrected chi connectivity index (χ4v) is 1.58. The van der Waals surface area contributed by atoms with Gasteiger partial charge in [0.05, 0.1) is 5.92 Å². The molecule has 1 N–H and O–H groups in total. The minimum Gasteiger partial charge on any atom is -0.461 e. The minimum atomic E-state index is -4.83. The first-order chi connectivity index (χ1) is 8.86. The number of aliphatic hydroxyl groups is 1. The van der Waals surface area contributed by atoms with Gasteiger partial charge in [0.2, 0.25) is 0 Å². The summed E-state index contributed by atoms with van der Waals surface area (Å²) in [6, 6.07) is 8.60. The molecule has 0 saturated carbocycles. The predicted octanol–water partition coefficient (Wildman–Crippen LogP) is 2.68. The minimum absolute atomic E-state index is 0.110. The third kappa shape index (κ3) is 4.55. The molecule has 0 aromatic heterocycles. The molecule has 0 bridgehead atoms. The molecule has 0 heterocycles. The molecule has 1 unspecified atom stereocenters. The number of carbonyl (C=O) groups excluding carboxylic acids is 1. The first-order valence-electron chi connectivity index (χ1n) is 5.81. The highest BCUT2D eigenvalue weighted by atomic mass is 19.4. The summed E-state index contributed by atoms with van der Waals surface area (Å²) < 4.78 is 41.9. The van der Waals surface area contributed by atoms with Crippen LogP contribution in [0.1, 0.15) is 18.9 Å². The number of alkyl halides is 3. The van der Waals surface area contributed by atoms with Crippen molar-refractivity contribution >= 4 is 5.97 Å². The van der Waals surface area contributed by atoms with Gasteiger partial charge in [0.25, 0.3) is 0 Å². The number of esters is 1. The van der Waals surface area contributed by atoms with Crippen LogP contribution < -0.4 is 0 Å². The van der Waals surface area contributed by atoms with Crippen LogP contribution in [0, 0.1) is 5.92 Å². The molecule has 1 aromatic carbocycles. The van der Waals surface area contributed by atoms with Gasteiger partial charge in [-0.1, -0.05) is 37.3 Å². The van der Waals surface area contributed by atoms with E-state index >= 15 is 0 Å². The van der Waals surface area contributed by atoms with Crippen molar-refractivity contribution in [3.63, 3.8) is 0 Å². The van der Waals surface area contributed by atoms with Crippen molar-refractivity contribution in [3.05, 3.63) is 35.9 Å². The largest absolute Gasteiger partial charge is 0.461 e. The molecule has 1 rings (SSSR count). The second-order valence-electron chi connectivity index (χ2n) is 4.09. The molecule has 0 fully saturated rings. The fourth-order valence-electron chi connectivity index (χ4n) is 1.58. The lowest BCUT2D eigenvalue weighted by molar-refractivity contribution is -0.224. The third-order valence-corrected chi connectivity index (χ3v) is 2.68. The average Bonchev–Trinajstić information content (AvgIpc) is 2.37. The Balaban J connectivity index is 2.60. The molecule has 1 aromatic rings. The van der Waals surface area contributed by atoms with E-state index in [0.717, 1.165) is 0 Å². The molecule has 0 saturated heterocycles. The normalized spacial score (nSPS) is 14.8. The number of rotatable bonds is 5. The number of halogens is 3. The van der Waals surface area contributed by atoms with Crippen LogP contribution in [-0.4, -0.2) is 23.4 Å². The lowest BCUT2D eigenvalue weighted by Gasteiger charge is -2.22. The summed E-state index contributed by atoms with van der Waals surface area (Å²) >= 11 is 0. The van der Waals surface area contributed by atoms with Crippen LogP contribution in [-0.2, 0) is 16.1 Å². The van der Waals surface area contributed by atoms with Crippen LogP contribution in [0.5, 0.6) is 0 Å². The standard InChI is InChI=1S/C13H15F3O3/c1-2-10(11(17)13(14,15)16)12(18)19-8-9-6-4-3-5-7-9/h3-7,10-11,17H,2,8H2,1H3/t10?,11-/m1/s1. The number of benzene rings is 1. The number of hydrogen-bond acceptors (Lipinski definition) is 3. The summed E-state index contributed by atoms with van der Waals surface area (Å²) in [6.07, 6.45) is -7.67. The number of ether oxygens (including phenoxy) is 1. The van der Waals surface area contributed by atoms with Gasteiger partial charge in [-0.25, -0.2) is 0 Å². The molecule has 0 spiro atoms. The van der Waals surface area contributed by atoms with Gasteiger partial charge >= 0.3 is 12.1 Å². The highest BCUT2D eigenvalue weighted by Crippen LogP contribution is 2.28. The summed E-state index contributed by atoms with van der Waals surface area (Å²) in [5, 5.41) is 9.09. The summed E-state index contributed by atoms with van der Waals surface area (Å²) in [4.78, 5) is 11.6. The van der Waals surface area contributed by atoms with Crippen molar-refractivity contribution in [2.75, 3.05) is 0 Å². The topological polar surface area (TPSA) is 46.5 Å². The molecular weight excluding hydrogens is 261 g/mol. The summed E-state index contributed by atoms with van der Waals surface area (Å²) in [5.41, 5.74) is 0.673. The second kappa shape index (κ2) is 6.56. The summed E-state index contributed by atoms with van der Waals surface area (Å²) in [5.74, 6) is -2.64. The zero-order valence-electron chi connectivity index (χ0n) is 10.4. The maximum absolute atomic E-state index is 12.4. The number of hydrogen-bond donors (Lipinski definition) is 1. The van der Waals surface area contributed by atoms with Crippen molar-refractivity contribution in [2.45, 2.75) is 32.2 Å². The van der Waals surface area contributed by atoms with E-state index in [1.54, 1.807) is 30.3 Å². The molecule has 3 nitrogen and oxygen atoms in total. The van der Waals surface area contributed by atoms with E-state index in [0.29, 0.717) is 5.56 Å². The van der Waals surface area contributed by atoms with Crippen molar-refractivity contribution in [1.29, 1.82) is 0 Å². The monoisotopic (exact) mass is 276 g/mol. The molecule has 0 radical (unpaired) electrons. The first-order valence-corrected chi connectivity index (χ1v) is 5.81. The van der Waals surface area contributed by atoms with E-state index in [1.807, 2.05) is 0 Å². The molecule has 2 atom stereocenters. The highest BCUT2D eigenvalue weighted by molar-refractivity contribution is 5.73. The van der Waals surface area contributed by atoms with Gasteiger partial charge < -0.3 is 9.84 Å². The Morgan fingerprint density at radius 3 is 2.37 bits per heavy atom. The molecule has 19 heavy (non-hydrogen) atoms. The Bertz CT molecular complexity index is 403. The Kier molecular flexibility index (Phi) is 5.35. The smallest absolute Gasteiger partial charge is 0.415 e. The zero-order valence-corrected chi connectivity index (χ0v) is 10.4. The molecule has 0 aliphatic heterocycles.